The van der Waals surface area contributed by atoms with Crippen molar-refractivity contribution in [3.8, 4) is 11.4 Å². The molecule has 3 rings (SSSR count). The Bertz CT molecular complexity index is 743. The average molecular weight is 359 g/mol. The minimum Gasteiger partial charge on any atom is -0.352 e. The normalized spacial score (nSPS) is 20.4. The van der Waals surface area contributed by atoms with E-state index in [0.717, 1.165) is 23.0 Å². The van der Waals surface area contributed by atoms with Gasteiger partial charge in [-0.05, 0) is 31.7 Å². The molecule has 25 heavy (non-hydrogen) atoms. The van der Waals surface area contributed by atoms with Crippen LogP contribution < -0.4 is 5.32 Å². The molecule has 1 fully saturated rings. The van der Waals surface area contributed by atoms with Crippen molar-refractivity contribution in [1.82, 2.24) is 20.1 Å². The number of nitrogens with one attached hydrogen (secondary N) is 1. The maximum absolute atomic E-state index is 12.3. The molecule has 2 unspecified atom stereocenters. The van der Waals surface area contributed by atoms with E-state index in [2.05, 4.69) is 41.5 Å². The van der Waals surface area contributed by atoms with Gasteiger partial charge in [-0.25, -0.2) is 0 Å². The van der Waals surface area contributed by atoms with Crippen molar-refractivity contribution in [3.63, 3.8) is 0 Å². The topological polar surface area (TPSA) is 59.8 Å². The predicted molar refractivity (Wildman–Crippen MR) is 101 cm³/mol. The maximum Gasteiger partial charge on any atom is 0.230 e. The van der Waals surface area contributed by atoms with Gasteiger partial charge in [0.25, 0.3) is 0 Å². The lowest BCUT2D eigenvalue weighted by molar-refractivity contribution is -0.119. The lowest BCUT2D eigenvalue weighted by Gasteiger charge is -2.29. The number of hydrogen-bond donors (Lipinski definition) is 1. The maximum atomic E-state index is 12.3. The van der Waals surface area contributed by atoms with Crippen LogP contribution in [0.5, 0.6) is 0 Å². The molecule has 1 aliphatic rings. The predicted octanol–water partition coefficient (Wildman–Crippen LogP) is 3.58. The molecular formula is C19H26N4OS. The third kappa shape index (κ3) is 4.42. The van der Waals surface area contributed by atoms with Crippen LogP contribution in [0, 0.1) is 12.8 Å². The van der Waals surface area contributed by atoms with Crippen LogP contribution in [0.3, 0.4) is 0 Å². The molecular weight excluding hydrogens is 332 g/mol. The molecule has 1 amide bonds. The second kappa shape index (κ2) is 8.04. The minimum atomic E-state index is 0.0869. The van der Waals surface area contributed by atoms with Crippen LogP contribution in [-0.4, -0.2) is 32.5 Å². The fourth-order valence-corrected chi connectivity index (χ4v) is 4.11. The molecule has 1 aliphatic carbocycles. The summed E-state index contributed by atoms with van der Waals surface area (Å²) in [4.78, 5) is 12.3. The number of carbonyl (C=O) groups excluding carboxylic acids is 1. The number of hydrogen-bond acceptors (Lipinski definition) is 4. The van der Waals surface area contributed by atoms with Crippen LogP contribution in [-0.2, 0) is 11.8 Å². The molecule has 0 saturated heterocycles. The van der Waals surface area contributed by atoms with E-state index in [9.17, 15) is 4.79 Å². The van der Waals surface area contributed by atoms with Gasteiger partial charge in [0, 0.05) is 18.7 Å². The van der Waals surface area contributed by atoms with Gasteiger partial charge in [-0.15, -0.1) is 10.2 Å². The number of nitrogens with zero attached hydrogens (tertiary/aromatic N) is 3. The highest BCUT2D eigenvalue weighted by atomic mass is 32.2. The first-order valence-electron chi connectivity index (χ1n) is 8.93. The molecule has 6 heteroatoms. The van der Waals surface area contributed by atoms with E-state index >= 15 is 0 Å². The zero-order valence-corrected chi connectivity index (χ0v) is 16.0. The van der Waals surface area contributed by atoms with E-state index in [1.165, 1.54) is 36.6 Å². The zero-order chi connectivity index (χ0) is 17.8. The zero-order valence-electron chi connectivity index (χ0n) is 15.2. The van der Waals surface area contributed by atoms with E-state index < -0.39 is 0 Å². The number of rotatable bonds is 5. The van der Waals surface area contributed by atoms with E-state index in [1.54, 1.807) is 0 Å². The molecule has 1 saturated carbocycles. The van der Waals surface area contributed by atoms with Gasteiger partial charge < -0.3 is 9.88 Å². The van der Waals surface area contributed by atoms with Gasteiger partial charge in [-0.2, -0.15) is 0 Å². The Kier molecular flexibility index (Phi) is 5.78. The first kappa shape index (κ1) is 18.0. The van der Waals surface area contributed by atoms with Crippen LogP contribution in [0.1, 0.15) is 38.2 Å². The van der Waals surface area contributed by atoms with Crippen molar-refractivity contribution in [2.75, 3.05) is 5.75 Å². The van der Waals surface area contributed by atoms with Crippen LogP contribution in [0.15, 0.2) is 29.4 Å². The quantitative estimate of drug-likeness (QED) is 0.830. The highest BCUT2D eigenvalue weighted by Gasteiger charge is 2.23. The van der Waals surface area contributed by atoms with E-state index in [1.807, 2.05) is 23.7 Å². The largest absolute Gasteiger partial charge is 0.352 e. The fraction of sp³-hybridized carbons (Fsp3) is 0.526. The molecule has 5 nitrogen and oxygen atoms in total. The van der Waals surface area contributed by atoms with Crippen molar-refractivity contribution < 1.29 is 4.79 Å². The lowest BCUT2D eigenvalue weighted by atomic mass is 9.86. The average Bonchev–Trinajstić information content (AvgIpc) is 2.96. The molecule has 134 valence electrons. The third-order valence-electron chi connectivity index (χ3n) is 4.90. The summed E-state index contributed by atoms with van der Waals surface area (Å²) >= 11 is 1.44. The summed E-state index contributed by atoms with van der Waals surface area (Å²) in [6.07, 6.45) is 4.80. The van der Waals surface area contributed by atoms with Crippen molar-refractivity contribution in [1.29, 1.82) is 0 Å². The highest BCUT2D eigenvalue weighted by Crippen LogP contribution is 2.25. The molecule has 1 aromatic heterocycles. The summed E-state index contributed by atoms with van der Waals surface area (Å²) in [7, 11) is 1.95. The molecule has 0 spiro atoms. The molecule has 1 heterocycles. The molecule has 1 N–H and O–H groups in total. The molecule has 0 aliphatic heterocycles. The van der Waals surface area contributed by atoms with Crippen LogP contribution in [0.25, 0.3) is 11.4 Å². The Morgan fingerprint density at radius 3 is 2.88 bits per heavy atom. The number of carbonyl (C=O) groups is 1. The van der Waals surface area contributed by atoms with E-state index in [0.29, 0.717) is 17.7 Å². The van der Waals surface area contributed by atoms with Gasteiger partial charge >= 0.3 is 0 Å². The van der Waals surface area contributed by atoms with Gasteiger partial charge in [0.1, 0.15) is 0 Å². The second-order valence-corrected chi connectivity index (χ2v) is 7.90. The molecule has 2 atom stereocenters. The van der Waals surface area contributed by atoms with Gasteiger partial charge in [0.15, 0.2) is 11.0 Å². The molecule has 2 aromatic rings. The van der Waals surface area contributed by atoms with Crippen LogP contribution >= 0.6 is 11.8 Å². The first-order valence-corrected chi connectivity index (χ1v) is 9.91. The standard InChI is InChI=1S/C19H26N4OS/c1-13-7-6-9-15(11-13)18-21-22-19(23(18)3)25-12-17(24)20-16-10-5-4-8-14(16)2/h6-7,9,11,14,16H,4-5,8,10,12H2,1-3H3,(H,20,24). The van der Waals surface area contributed by atoms with Crippen molar-refractivity contribution in [3.05, 3.63) is 29.8 Å². The van der Waals surface area contributed by atoms with Gasteiger partial charge in [-0.3, -0.25) is 4.79 Å². The third-order valence-corrected chi connectivity index (χ3v) is 5.92. The number of thioether (sulfide) groups is 1. The van der Waals surface area contributed by atoms with E-state index in [4.69, 9.17) is 0 Å². The van der Waals surface area contributed by atoms with Crippen molar-refractivity contribution in [2.45, 2.75) is 50.7 Å². The van der Waals surface area contributed by atoms with Gasteiger partial charge in [0.2, 0.25) is 5.91 Å². The number of aryl methyl sites for hydroxylation is 1. The van der Waals surface area contributed by atoms with Crippen LogP contribution in [0.4, 0.5) is 0 Å². The molecule has 1 aromatic carbocycles. The summed E-state index contributed by atoms with van der Waals surface area (Å²) in [5.74, 6) is 1.87. The number of benzene rings is 1. The Balaban J connectivity index is 1.59. The van der Waals surface area contributed by atoms with E-state index in [-0.39, 0.29) is 5.91 Å². The lowest BCUT2D eigenvalue weighted by Crippen LogP contribution is -2.41. The summed E-state index contributed by atoms with van der Waals surface area (Å²) in [6.45, 7) is 4.29. The Labute approximate surface area is 153 Å². The number of amides is 1. The summed E-state index contributed by atoms with van der Waals surface area (Å²) in [5.41, 5.74) is 2.23. The second-order valence-electron chi connectivity index (χ2n) is 6.96. The number of aromatic nitrogens is 3. The summed E-state index contributed by atoms with van der Waals surface area (Å²) < 4.78 is 1.95. The molecule has 0 radical (unpaired) electrons. The first-order chi connectivity index (χ1) is 12.0. The van der Waals surface area contributed by atoms with Crippen LogP contribution in [0.2, 0.25) is 0 Å². The summed E-state index contributed by atoms with van der Waals surface area (Å²) in [6, 6.07) is 8.53. The summed E-state index contributed by atoms with van der Waals surface area (Å²) in [5, 5.41) is 12.5. The Hall–Kier alpha value is -1.82. The van der Waals surface area contributed by atoms with Crippen molar-refractivity contribution >= 4 is 17.7 Å². The smallest absolute Gasteiger partial charge is 0.230 e. The minimum absolute atomic E-state index is 0.0869. The van der Waals surface area contributed by atoms with Gasteiger partial charge in [0.05, 0.1) is 5.75 Å². The Morgan fingerprint density at radius 1 is 1.32 bits per heavy atom. The fourth-order valence-electron chi connectivity index (χ4n) is 3.39. The SMILES string of the molecule is Cc1cccc(-c2nnc(SCC(=O)NC3CCCCC3C)n2C)c1. The van der Waals surface area contributed by atoms with Crippen molar-refractivity contribution in [2.24, 2.45) is 13.0 Å². The highest BCUT2D eigenvalue weighted by molar-refractivity contribution is 7.99. The Morgan fingerprint density at radius 2 is 2.12 bits per heavy atom. The van der Waals surface area contributed by atoms with Gasteiger partial charge in [-0.1, -0.05) is 55.3 Å². The molecule has 0 bridgehead atoms. The monoisotopic (exact) mass is 358 g/mol.